The van der Waals surface area contributed by atoms with E-state index in [-0.39, 0.29) is 18.3 Å². The Morgan fingerprint density at radius 1 is 1.03 bits per heavy atom. The minimum atomic E-state index is -1.21. The van der Waals surface area contributed by atoms with Crippen molar-refractivity contribution in [3.05, 3.63) is 35.9 Å². The maximum absolute atomic E-state index is 13.2. The molecule has 10 N–H and O–H groups in total. The van der Waals surface area contributed by atoms with E-state index in [1.807, 2.05) is 13.0 Å². The second-order valence-electron chi connectivity index (χ2n) is 8.29. The number of hydrogen-bond acceptors (Lipinski definition) is 6. The monoisotopic (exact) mass is 491 g/mol. The van der Waals surface area contributed by atoms with Crippen molar-refractivity contribution in [1.82, 2.24) is 16.0 Å². The molecule has 0 bridgehead atoms. The Bertz CT molecular complexity index is 874. The van der Waals surface area contributed by atoms with Gasteiger partial charge in [-0.2, -0.15) is 0 Å². The molecule has 194 valence electrons. The number of carboxylic acids is 1. The van der Waals surface area contributed by atoms with Crippen LogP contribution in [-0.4, -0.2) is 66.0 Å². The highest BCUT2D eigenvalue weighted by atomic mass is 16.4. The maximum atomic E-state index is 13.2. The summed E-state index contributed by atoms with van der Waals surface area (Å²) in [6.45, 7) is 3.41. The fraction of sp³-hybridized carbons (Fsp3) is 0.522. The fourth-order valence-corrected chi connectivity index (χ4v) is 3.22. The third-order valence-corrected chi connectivity index (χ3v) is 5.43. The summed E-state index contributed by atoms with van der Waals surface area (Å²) in [5.41, 5.74) is 17.3. The van der Waals surface area contributed by atoms with Gasteiger partial charge in [-0.05, 0) is 24.3 Å². The van der Waals surface area contributed by atoms with Crippen molar-refractivity contribution in [1.29, 1.82) is 0 Å². The molecule has 0 aliphatic heterocycles. The molecular formula is C23H37N7O5. The molecule has 0 saturated carbocycles. The highest BCUT2D eigenvalue weighted by Gasteiger charge is 2.31. The lowest BCUT2D eigenvalue weighted by molar-refractivity contribution is -0.138. The summed E-state index contributed by atoms with van der Waals surface area (Å²) in [5, 5.41) is 16.5. The summed E-state index contributed by atoms with van der Waals surface area (Å²) in [5.74, 6) is -3.23. The first kappa shape index (κ1) is 29.4. The molecule has 0 radical (unpaired) electrons. The van der Waals surface area contributed by atoms with Gasteiger partial charge in [-0.3, -0.25) is 24.2 Å². The lowest BCUT2D eigenvalue weighted by Crippen LogP contribution is -2.58. The zero-order chi connectivity index (χ0) is 26.4. The molecule has 0 aliphatic rings. The van der Waals surface area contributed by atoms with Crippen LogP contribution in [-0.2, 0) is 25.6 Å². The Kier molecular flexibility index (Phi) is 12.8. The summed E-state index contributed by atoms with van der Waals surface area (Å²) < 4.78 is 0. The molecule has 0 saturated heterocycles. The summed E-state index contributed by atoms with van der Waals surface area (Å²) >= 11 is 0. The third kappa shape index (κ3) is 11.3. The predicted molar refractivity (Wildman–Crippen MR) is 132 cm³/mol. The topological polar surface area (TPSA) is 215 Å². The number of carboxylic acid groups (broad SMARTS) is 1. The molecule has 1 rings (SSSR count). The van der Waals surface area contributed by atoms with Crippen LogP contribution in [0.25, 0.3) is 0 Å². The number of aliphatic carboxylic acids is 1. The van der Waals surface area contributed by atoms with E-state index in [4.69, 9.17) is 22.3 Å². The predicted octanol–water partition coefficient (Wildman–Crippen LogP) is -1.17. The van der Waals surface area contributed by atoms with Crippen molar-refractivity contribution in [3.63, 3.8) is 0 Å². The van der Waals surface area contributed by atoms with Gasteiger partial charge in [0, 0.05) is 13.0 Å². The highest BCUT2D eigenvalue weighted by Crippen LogP contribution is 2.11. The van der Waals surface area contributed by atoms with Crippen molar-refractivity contribution in [2.24, 2.45) is 28.1 Å². The molecule has 12 nitrogen and oxygen atoms in total. The molecule has 0 fully saturated rings. The van der Waals surface area contributed by atoms with E-state index in [1.165, 1.54) is 0 Å². The van der Waals surface area contributed by atoms with Gasteiger partial charge < -0.3 is 38.3 Å². The zero-order valence-corrected chi connectivity index (χ0v) is 20.2. The number of benzene rings is 1. The first-order valence-electron chi connectivity index (χ1n) is 11.5. The molecule has 1 aromatic carbocycles. The SMILES string of the molecule is CCC(C)C(NC(=O)C(N)CCCN=C(N)N)C(=O)NC(Cc1ccccc1)C(=O)NCC(=O)O. The molecular weight excluding hydrogens is 454 g/mol. The Morgan fingerprint density at radius 3 is 2.26 bits per heavy atom. The number of rotatable bonds is 15. The summed E-state index contributed by atoms with van der Waals surface area (Å²) in [6, 6.07) is 6.12. The molecule has 35 heavy (non-hydrogen) atoms. The van der Waals surface area contributed by atoms with E-state index in [1.54, 1.807) is 31.2 Å². The van der Waals surface area contributed by atoms with E-state index < -0.39 is 48.4 Å². The van der Waals surface area contributed by atoms with E-state index >= 15 is 0 Å². The number of carbonyl (C=O) groups is 4. The molecule has 3 amide bonds. The van der Waals surface area contributed by atoms with Crippen LogP contribution in [0.4, 0.5) is 0 Å². The Hall–Kier alpha value is -3.67. The van der Waals surface area contributed by atoms with Crippen LogP contribution in [0.2, 0.25) is 0 Å². The molecule has 0 spiro atoms. The van der Waals surface area contributed by atoms with Crippen LogP contribution in [0.5, 0.6) is 0 Å². The lowest BCUT2D eigenvalue weighted by Gasteiger charge is -2.27. The molecule has 4 unspecified atom stereocenters. The Balaban J connectivity index is 2.92. The Labute approximate surface area is 205 Å². The van der Waals surface area contributed by atoms with Gasteiger partial charge in [0.1, 0.15) is 18.6 Å². The number of aliphatic imine (C=N–C) groups is 1. The lowest BCUT2D eigenvalue weighted by atomic mass is 9.96. The minimum Gasteiger partial charge on any atom is -0.480 e. The third-order valence-electron chi connectivity index (χ3n) is 5.43. The number of hydrogen-bond donors (Lipinski definition) is 7. The molecule has 0 heterocycles. The second-order valence-corrected chi connectivity index (χ2v) is 8.29. The van der Waals surface area contributed by atoms with Gasteiger partial charge in [0.15, 0.2) is 5.96 Å². The van der Waals surface area contributed by atoms with E-state index in [0.717, 1.165) is 5.56 Å². The van der Waals surface area contributed by atoms with Crippen molar-refractivity contribution < 1.29 is 24.3 Å². The van der Waals surface area contributed by atoms with Crippen LogP contribution in [0.3, 0.4) is 0 Å². The summed E-state index contributed by atoms with van der Waals surface area (Å²) in [7, 11) is 0. The van der Waals surface area contributed by atoms with Gasteiger partial charge in [0.25, 0.3) is 0 Å². The second kappa shape index (κ2) is 15.3. The van der Waals surface area contributed by atoms with Crippen LogP contribution < -0.4 is 33.2 Å². The normalized spacial score (nSPS) is 14.0. The van der Waals surface area contributed by atoms with Gasteiger partial charge in [-0.25, -0.2) is 0 Å². The van der Waals surface area contributed by atoms with Crippen LogP contribution in [0.15, 0.2) is 35.3 Å². The highest BCUT2D eigenvalue weighted by molar-refractivity contribution is 5.94. The van der Waals surface area contributed by atoms with Crippen molar-refractivity contribution in [2.45, 2.75) is 57.7 Å². The standard InChI is InChI=1S/C23H37N7O5/c1-3-14(2)19(30-20(33)16(24)10-7-11-27-23(25)26)22(35)29-17(21(34)28-13-18(31)32)12-15-8-5-4-6-9-15/h4-6,8-9,14,16-17,19H,3,7,10-13,24H2,1-2H3,(H,28,34)(H,29,35)(H,30,33)(H,31,32)(H4,25,26,27). The molecule has 0 aliphatic carbocycles. The summed E-state index contributed by atoms with van der Waals surface area (Å²) in [4.78, 5) is 53.2. The van der Waals surface area contributed by atoms with E-state index in [9.17, 15) is 19.2 Å². The smallest absolute Gasteiger partial charge is 0.322 e. The van der Waals surface area contributed by atoms with E-state index in [0.29, 0.717) is 25.8 Å². The Morgan fingerprint density at radius 2 is 1.69 bits per heavy atom. The quantitative estimate of drug-likeness (QED) is 0.0898. The van der Waals surface area contributed by atoms with Gasteiger partial charge in [-0.1, -0.05) is 50.6 Å². The van der Waals surface area contributed by atoms with Gasteiger partial charge in [0.2, 0.25) is 17.7 Å². The van der Waals surface area contributed by atoms with Crippen molar-refractivity contribution in [2.75, 3.05) is 13.1 Å². The van der Waals surface area contributed by atoms with Crippen molar-refractivity contribution >= 4 is 29.7 Å². The molecule has 4 atom stereocenters. The number of nitrogens with one attached hydrogen (secondary N) is 3. The van der Waals surface area contributed by atoms with Crippen LogP contribution in [0.1, 0.15) is 38.7 Å². The van der Waals surface area contributed by atoms with Crippen LogP contribution in [0, 0.1) is 5.92 Å². The zero-order valence-electron chi connectivity index (χ0n) is 20.2. The molecule has 12 heteroatoms. The van der Waals surface area contributed by atoms with E-state index in [2.05, 4.69) is 20.9 Å². The van der Waals surface area contributed by atoms with Gasteiger partial charge in [-0.15, -0.1) is 0 Å². The maximum Gasteiger partial charge on any atom is 0.322 e. The van der Waals surface area contributed by atoms with Gasteiger partial charge in [0.05, 0.1) is 6.04 Å². The number of nitrogens with two attached hydrogens (primary N) is 3. The first-order chi connectivity index (χ1) is 16.5. The molecule has 0 aromatic heterocycles. The summed E-state index contributed by atoms with van der Waals surface area (Å²) in [6.07, 6.45) is 1.51. The minimum absolute atomic E-state index is 0.0472. The average molecular weight is 492 g/mol. The van der Waals surface area contributed by atoms with Gasteiger partial charge >= 0.3 is 5.97 Å². The average Bonchev–Trinajstić information content (AvgIpc) is 2.82. The number of nitrogens with zero attached hydrogens (tertiary/aromatic N) is 1. The first-order valence-corrected chi connectivity index (χ1v) is 11.5. The number of guanidine groups is 1. The molecule has 1 aromatic rings. The largest absolute Gasteiger partial charge is 0.480 e. The number of carbonyl (C=O) groups excluding carboxylic acids is 3. The van der Waals surface area contributed by atoms with Crippen molar-refractivity contribution in [3.8, 4) is 0 Å². The van der Waals surface area contributed by atoms with Crippen LogP contribution >= 0.6 is 0 Å². The fourth-order valence-electron chi connectivity index (χ4n) is 3.22. The number of amides is 3.